The number of carbonyl (C=O) groups excluding carboxylic acids is 1. The van der Waals surface area contributed by atoms with Crippen LogP contribution in [0.5, 0.6) is 11.5 Å². The summed E-state index contributed by atoms with van der Waals surface area (Å²) in [7, 11) is 1.63. The number of carbonyl (C=O) groups is 1. The summed E-state index contributed by atoms with van der Waals surface area (Å²) in [5, 5.41) is 28.1. The molecule has 1 fully saturated rings. The zero-order valence-electron chi connectivity index (χ0n) is 19.7. The Kier molecular flexibility index (Phi) is 6.57. The van der Waals surface area contributed by atoms with E-state index in [1.54, 1.807) is 31.5 Å². The van der Waals surface area contributed by atoms with E-state index < -0.39 is 6.10 Å². The predicted octanol–water partition coefficient (Wildman–Crippen LogP) is 2.71. The van der Waals surface area contributed by atoms with Crippen LogP contribution in [-0.4, -0.2) is 58.8 Å². The summed E-state index contributed by atoms with van der Waals surface area (Å²) in [5.74, 6) is 0.840. The number of amides is 1. The number of benzene rings is 2. The van der Waals surface area contributed by atoms with Gasteiger partial charge in [-0.05, 0) is 60.4 Å². The second-order valence-electron chi connectivity index (χ2n) is 9.10. The van der Waals surface area contributed by atoms with E-state index in [9.17, 15) is 15.0 Å². The highest BCUT2D eigenvalue weighted by atomic mass is 16.5. The molecule has 8 nitrogen and oxygen atoms in total. The number of methoxy groups -OCH3 is 1. The lowest BCUT2D eigenvalue weighted by atomic mass is 10.00. The summed E-state index contributed by atoms with van der Waals surface area (Å²) in [6, 6.07) is 12.9. The Balaban J connectivity index is 1.17. The first-order chi connectivity index (χ1) is 17.0. The minimum absolute atomic E-state index is 0.0789. The molecule has 1 saturated heterocycles. The van der Waals surface area contributed by atoms with E-state index in [1.165, 1.54) is 0 Å². The van der Waals surface area contributed by atoms with Crippen molar-refractivity contribution in [3.8, 4) is 11.5 Å². The summed E-state index contributed by atoms with van der Waals surface area (Å²) in [6.45, 7) is 2.52. The Morgan fingerprint density at radius 3 is 2.89 bits per heavy atom. The van der Waals surface area contributed by atoms with Gasteiger partial charge >= 0.3 is 0 Å². The predicted molar refractivity (Wildman–Crippen MR) is 134 cm³/mol. The van der Waals surface area contributed by atoms with Gasteiger partial charge in [-0.25, -0.2) is 0 Å². The molecule has 0 radical (unpaired) electrons. The summed E-state index contributed by atoms with van der Waals surface area (Å²) < 4.78 is 5.34. The van der Waals surface area contributed by atoms with Gasteiger partial charge < -0.3 is 30.5 Å². The SMILES string of the molecule is COc1ccc2nccc([C@@H](O)CN3CCC(NC(=O)C4=Cc5cccc(O)c5CN4)CC3)c2c1. The highest BCUT2D eigenvalue weighted by Gasteiger charge is 2.25. The molecular formula is C27H30N4O4. The Bertz CT molecular complexity index is 1270. The molecule has 0 unspecified atom stereocenters. The van der Waals surface area contributed by atoms with E-state index >= 15 is 0 Å². The summed E-state index contributed by atoms with van der Waals surface area (Å²) in [5.41, 5.74) is 3.84. The third-order valence-corrected chi connectivity index (χ3v) is 6.88. The molecule has 1 aromatic heterocycles. The molecule has 3 heterocycles. The maximum Gasteiger partial charge on any atom is 0.267 e. The van der Waals surface area contributed by atoms with E-state index in [-0.39, 0.29) is 17.7 Å². The third-order valence-electron chi connectivity index (χ3n) is 6.88. The molecule has 3 aromatic rings. The number of aromatic nitrogens is 1. The van der Waals surface area contributed by atoms with Gasteiger partial charge in [0.2, 0.25) is 0 Å². The number of likely N-dealkylation sites (tertiary alicyclic amines) is 1. The fourth-order valence-corrected chi connectivity index (χ4v) is 4.89. The van der Waals surface area contributed by atoms with Crippen molar-refractivity contribution < 1.29 is 19.7 Å². The average molecular weight is 475 g/mol. The monoisotopic (exact) mass is 474 g/mol. The number of nitrogens with one attached hydrogen (secondary N) is 2. The zero-order valence-corrected chi connectivity index (χ0v) is 19.7. The molecule has 1 atom stereocenters. The van der Waals surface area contributed by atoms with Crippen LogP contribution in [0.25, 0.3) is 17.0 Å². The molecule has 2 aromatic carbocycles. The first kappa shape index (κ1) is 23.1. The van der Waals surface area contributed by atoms with Gasteiger partial charge in [0.25, 0.3) is 5.91 Å². The number of hydrogen-bond donors (Lipinski definition) is 4. The normalized spacial score (nSPS) is 17.3. The number of aliphatic hydroxyl groups excluding tert-OH is 1. The highest BCUT2D eigenvalue weighted by molar-refractivity contribution is 5.98. The minimum atomic E-state index is -0.646. The summed E-state index contributed by atoms with van der Waals surface area (Å²) >= 11 is 0. The maximum atomic E-state index is 12.8. The van der Waals surface area contributed by atoms with Gasteiger partial charge in [-0.2, -0.15) is 0 Å². The third kappa shape index (κ3) is 4.94. The molecule has 4 N–H and O–H groups in total. The summed E-state index contributed by atoms with van der Waals surface area (Å²) in [4.78, 5) is 19.4. The lowest BCUT2D eigenvalue weighted by Gasteiger charge is -2.34. The maximum absolute atomic E-state index is 12.8. The van der Waals surface area contributed by atoms with Crippen molar-refractivity contribution in [2.24, 2.45) is 0 Å². The van der Waals surface area contributed by atoms with E-state index in [4.69, 9.17) is 4.74 Å². The Labute approximate surface area is 204 Å². The number of aliphatic hydroxyl groups is 1. The average Bonchev–Trinajstić information content (AvgIpc) is 2.89. The first-order valence-corrected chi connectivity index (χ1v) is 11.9. The van der Waals surface area contributed by atoms with Crippen LogP contribution in [0.3, 0.4) is 0 Å². The lowest BCUT2D eigenvalue weighted by Crippen LogP contribution is -2.47. The van der Waals surface area contributed by atoms with Gasteiger partial charge in [-0.3, -0.25) is 9.78 Å². The molecule has 5 rings (SSSR count). The van der Waals surface area contributed by atoms with Crippen molar-refractivity contribution in [1.82, 2.24) is 20.5 Å². The molecule has 1 amide bonds. The van der Waals surface area contributed by atoms with E-state index in [1.807, 2.05) is 30.3 Å². The fourth-order valence-electron chi connectivity index (χ4n) is 4.89. The second-order valence-corrected chi connectivity index (χ2v) is 9.10. The summed E-state index contributed by atoms with van der Waals surface area (Å²) in [6.07, 6.45) is 4.49. The van der Waals surface area contributed by atoms with Gasteiger partial charge in [-0.15, -0.1) is 0 Å². The number of rotatable bonds is 6. The van der Waals surface area contributed by atoms with Crippen molar-refractivity contribution in [2.45, 2.75) is 31.5 Å². The number of nitrogens with zero attached hydrogens (tertiary/aromatic N) is 2. The molecular weight excluding hydrogens is 444 g/mol. The van der Waals surface area contributed by atoms with Crippen LogP contribution in [0, 0.1) is 0 Å². The van der Waals surface area contributed by atoms with E-state index in [2.05, 4.69) is 20.5 Å². The number of phenols is 1. The van der Waals surface area contributed by atoms with Crippen molar-refractivity contribution >= 4 is 22.9 Å². The van der Waals surface area contributed by atoms with Crippen molar-refractivity contribution in [2.75, 3.05) is 26.7 Å². The van der Waals surface area contributed by atoms with Gasteiger partial charge in [0.15, 0.2) is 0 Å². The lowest BCUT2D eigenvalue weighted by molar-refractivity contribution is -0.118. The van der Waals surface area contributed by atoms with Crippen LogP contribution in [-0.2, 0) is 11.3 Å². The molecule has 2 aliphatic heterocycles. The number of pyridine rings is 1. The molecule has 0 spiro atoms. The van der Waals surface area contributed by atoms with E-state index in [0.29, 0.717) is 18.8 Å². The van der Waals surface area contributed by atoms with Crippen molar-refractivity contribution in [1.29, 1.82) is 0 Å². The van der Waals surface area contributed by atoms with Crippen LogP contribution in [0.2, 0.25) is 0 Å². The molecule has 0 bridgehead atoms. The molecule has 0 aliphatic carbocycles. The van der Waals surface area contributed by atoms with Crippen LogP contribution in [0.1, 0.15) is 35.6 Å². The fraction of sp³-hybridized carbons (Fsp3) is 0.333. The number of hydrogen-bond acceptors (Lipinski definition) is 7. The largest absolute Gasteiger partial charge is 0.508 e. The van der Waals surface area contributed by atoms with Crippen LogP contribution < -0.4 is 15.4 Å². The molecule has 2 aliphatic rings. The van der Waals surface area contributed by atoms with E-state index in [0.717, 1.165) is 59.3 Å². The number of β-amino-alcohol motifs (C(OH)–C–C–N with tert-alkyl or cyclic N) is 1. The van der Waals surface area contributed by atoms with Crippen molar-refractivity contribution in [3.63, 3.8) is 0 Å². The number of fused-ring (bicyclic) bond motifs is 2. The second kappa shape index (κ2) is 9.93. The minimum Gasteiger partial charge on any atom is -0.508 e. The first-order valence-electron chi connectivity index (χ1n) is 11.9. The van der Waals surface area contributed by atoms with Crippen molar-refractivity contribution in [3.05, 3.63) is 71.0 Å². The van der Waals surface area contributed by atoms with Gasteiger partial charge in [0, 0.05) is 49.4 Å². The number of aromatic hydroxyl groups is 1. The molecule has 182 valence electrons. The standard InChI is InChI=1S/C27H30N4O4/c1-35-19-5-6-23-21(14-19)20(7-10-28-23)26(33)16-31-11-8-18(9-12-31)30-27(34)24-13-17-3-2-4-25(32)22(17)15-29-24/h2-7,10,13-14,18,26,29,32-33H,8-9,11-12,15-16H2,1H3,(H,30,34)/t26-/m0/s1. The molecule has 8 heteroatoms. The number of piperidine rings is 1. The Morgan fingerprint density at radius 1 is 1.26 bits per heavy atom. The Morgan fingerprint density at radius 2 is 2.09 bits per heavy atom. The topological polar surface area (TPSA) is 107 Å². The van der Waals surface area contributed by atoms with Gasteiger partial charge in [0.1, 0.15) is 17.2 Å². The molecule has 35 heavy (non-hydrogen) atoms. The van der Waals surface area contributed by atoms with Crippen LogP contribution in [0.4, 0.5) is 0 Å². The number of phenolic OH excluding ortho intramolecular Hbond substituents is 1. The van der Waals surface area contributed by atoms with Crippen LogP contribution in [0.15, 0.2) is 54.4 Å². The highest BCUT2D eigenvalue weighted by Crippen LogP contribution is 2.28. The van der Waals surface area contributed by atoms with Crippen LogP contribution >= 0.6 is 0 Å². The smallest absolute Gasteiger partial charge is 0.267 e. The molecule has 0 saturated carbocycles. The Hall–Kier alpha value is -3.62. The zero-order chi connectivity index (χ0) is 24.4. The van der Waals surface area contributed by atoms with Gasteiger partial charge in [-0.1, -0.05) is 12.1 Å². The van der Waals surface area contributed by atoms with Gasteiger partial charge in [0.05, 0.1) is 18.7 Å². The number of ether oxygens (including phenoxy) is 1. The quantitative estimate of drug-likeness (QED) is 0.435.